The number of furan rings is 1. The molecular weight excluding hydrogens is 446 g/mol. The maximum Gasteiger partial charge on any atom is 0.289 e. The van der Waals surface area contributed by atoms with Gasteiger partial charge >= 0.3 is 0 Å². The number of likely N-dealkylation sites (tertiary alicyclic amines) is 1. The molecule has 0 bridgehead atoms. The Balaban J connectivity index is 1.29. The van der Waals surface area contributed by atoms with E-state index < -0.39 is 0 Å². The summed E-state index contributed by atoms with van der Waals surface area (Å²) in [6.45, 7) is 5.47. The third kappa shape index (κ3) is 4.80. The Morgan fingerprint density at radius 1 is 1.06 bits per heavy atom. The van der Waals surface area contributed by atoms with E-state index in [1.165, 1.54) is 22.9 Å². The Labute approximate surface area is 203 Å². The minimum absolute atomic E-state index is 0.0644. The number of aryl methyl sites for hydroxylation is 2. The second-order valence-corrected chi connectivity index (χ2v) is 9.52. The van der Waals surface area contributed by atoms with Crippen molar-refractivity contribution in [1.82, 2.24) is 14.9 Å². The number of amides is 1. The lowest BCUT2D eigenvalue weighted by Gasteiger charge is -2.32. The smallest absolute Gasteiger partial charge is 0.289 e. The van der Waals surface area contributed by atoms with Gasteiger partial charge in [-0.3, -0.25) is 4.79 Å². The monoisotopic (exact) mass is 473 g/mol. The first-order chi connectivity index (χ1) is 16.6. The number of hydrogen-bond acceptors (Lipinski definition) is 6. The van der Waals surface area contributed by atoms with Crippen LogP contribution in [-0.4, -0.2) is 40.0 Å². The van der Waals surface area contributed by atoms with Gasteiger partial charge < -0.3 is 14.1 Å². The average molecular weight is 474 g/mol. The largest absolute Gasteiger partial charge is 0.490 e. The molecule has 3 heterocycles. The molecule has 1 fully saturated rings. The Bertz CT molecular complexity index is 1300. The first-order valence-electron chi connectivity index (χ1n) is 11.5. The average Bonchev–Trinajstić information content (AvgIpc) is 3.24. The summed E-state index contributed by atoms with van der Waals surface area (Å²) < 4.78 is 12.3. The van der Waals surface area contributed by atoms with E-state index in [1.54, 1.807) is 18.5 Å². The van der Waals surface area contributed by atoms with Crippen molar-refractivity contribution in [2.45, 2.75) is 43.7 Å². The Hall–Kier alpha value is -3.32. The maximum absolute atomic E-state index is 13.5. The summed E-state index contributed by atoms with van der Waals surface area (Å²) in [4.78, 5) is 24.0. The van der Waals surface area contributed by atoms with Gasteiger partial charge in [-0.1, -0.05) is 36.0 Å². The van der Waals surface area contributed by atoms with E-state index in [1.807, 2.05) is 35.2 Å². The van der Waals surface area contributed by atoms with Gasteiger partial charge in [0.05, 0.1) is 0 Å². The Morgan fingerprint density at radius 3 is 2.59 bits per heavy atom. The van der Waals surface area contributed by atoms with Crippen molar-refractivity contribution in [1.29, 1.82) is 0 Å². The molecule has 0 aliphatic carbocycles. The standard InChI is InChI=1S/C27H27N3O3S/c1-18-8-9-21(16-19(18)2)32-20-10-14-30(15-11-20)26(31)25-23(17-34-27-28-12-5-13-29-27)22-6-3-4-7-24(22)33-25/h3-9,12-13,16,20H,10-11,14-15,17H2,1-2H3. The molecule has 0 radical (unpaired) electrons. The van der Waals surface area contributed by atoms with E-state index in [-0.39, 0.29) is 12.0 Å². The zero-order valence-corrected chi connectivity index (χ0v) is 20.2. The van der Waals surface area contributed by atoms with Gasteiger partial charge in [0.1, 0.15) is 17.4 Å². The zero-order chi connectivity index (χ0) is 23.5. The quantitative estimate of drug-likeness (QED) is 0.260. The zero-order valence-electron chi connectivity index (χ0n) is 19.4. The molecular formula is C27H27N3O3S. The number of thioether (sulfide) groups is 1. The van der Waals surface area contributed by atoms with Gasteiger partial charge in [-0.15, -0.1) is 0 Å². The summed E-state index contributed by atoms with van der Waals surface area (Å²) in [7, 11) is 0. The lowest BCUT2D eigenvalue weighted by Crippen LogP contribution is -2.41. The first kappa shape index (κ1) is 22.5. The highest BCUT2D eigenvalue weighted by Gasteiger charge is 2.29. The lowest BCUT2D eigenvalue weighted by molar-refractivity contribution is 0.0568. The number of nitrogens with zero attached hydrogens (tertiary/aromatic N) is 3. The third-order valence-corrected chi connectivity index (χ3v) is 7.19. The van der Waals surface area contributed by atoms with Gasteiger partial charge in [-0.25, -0.2) is 9.97 Å². The fraction of sp³-hybridized carbons (Fsp3) is 0.296. The molecule has 0 spiro atoms. The summed E-state index contributed by atoms with van der Waals surface area (Å²) in [5.74, 6) is 1.81. The molecule has 0 saturated carbocycles. The molecule has 6 nitrogen and oxygen atoms in total. The molecule has 0 atom stereocenters. The second-order valence-electron chi connectivity index (χ2n) is 8.58. The van der Waals surface area contributed by atoms with Crippen LogP contribution < -0.4 is 4.74 Å². The number of ether oxygens (including phenoxy) is 1. The van der Waals surface area contributed by atoms with Crippen LogP contribution in [-0.2, 0) is 5.75 Å². The topological polar surface area (TPSA) is 68.5 Å². The fourth-order valence-corrected chi connectivity index (χ4v) is 5.04. The van der Waals surface area contributed by atoms with Crippen LogP contribution in [0.3, 0.4) is 0 Å². The number of fused-ring (bicyclic) bond motifs is 1. The Kier molecular flexibility index (Phi) is 6.54. The molecule has 4 aromatic rings. The molecule has 1 aliphatic heterocycles. The summed E-state index contributed by atoms with van der Waals surface area (Å²) >= 11 is 1.50. The summed E-state index contributed by atoms with van der Waals surface area (Å²) in [5.41, 5.74) is 4.10. The number of carbonyl (C=O) groups is 1. The van der Waals surface area contributed by atoms with Crippen LogP contribution in [0.4, 0.5) is 0 Å². The minimum Gasteiger partial charge on any atom is -0.490 e. The normalized spacial score (nSPS) is 14.5. The van der Waals surface area contributed by atoms with Crippen LogP contribution in [0.25, 0.3) is 11.0 Å². The van der Waals surface area contributed by atoms with Crippen molar-refractivity contribution in [2.75, 3.05) is 13.1 Å². The highest BCUT2D eigenvalue weighted by Crippen LogP contribution is 2.32. The van der Waals surface area contributed by atoms with Gasteiger partial charge in [0.25, 0.3) is 5.91 Å². The predicted octanol–water partition coefficient (Wildman–Crippen LogP) is 5.82. The molecule has 0 unspecified atom stereocenters. The highest BCUT2D eigenvalue weighted by atomic mass is 32.2. The van der Waals surface area contributed by atoms with Gasteiger partial charge in [0, 0.05) is 55.0 Å². The van der Waals surface area contributed by atoms with Crippen LogP contribution in [0.1, 0.15) is 40.1 Å². The van der Waals surface area contributed by atoms with E-state index in [9.17, 15) is 4.79 Å². The van der Waals surface area contributed by atoms with Crippen LogP contribution in [0.2, 0.25) is 0 Å². The molecule has 2 aromatic heterocycles. The molecule has 1 amide bonds. The highest BCUT2D eigenvalue weighted by molar-refractivity contribution is 7.98. The third-order valence-electron chi connectivity index (χ3n) is 6.29. The fourth-order valence-electron chi connectivity index (χ4n) is 4.21. The molecule has 7 heteroatoms. The van der Waals surface area contributed by atoms with Crippen molar-refractivity contribution in [3.05, 3.63) is 83.4 Å². The Morgan fingerprint density at radius 2 is 1.82 bits per heavy atom. The van der Waals surface area contributed by atoms with Crippen LogP contribution in [0, 0.1) is 13.8 Å². The first-order valence-corrected chi connectivity index (χ1v) is 12.5. The van der Waals surface area contributed by atoms with E-state index in [0.717, 1.165) is 35.1 Å². The van der Waals surface area contributed by atoms with Gasteiger partial charge in [0.15, 0.2) is 10.9 Å². The summed E-state index contributed by atoms with van der Waals surface area (Å²) in [5, 5.41) is 1.64. The summed E-state index contributed by atoms with van der Waals surface area (Å²) in [6, 6.07) is 15.8. The SMILES string of the molecule is Cc1ccc(OC2CCN(C(=O)c3oc4ccccc4c3CSc3ncccn3)CC2)cc1C. The van der Waals surface area contributed by atoms with Crippen molar-refractivity contribution >= 4 is 28.6 Å². The molecule has 5 rings (SSSR count). The number of hydrogen-bond donors (Lipinski definition) is 0. The van der Waals surface area contributed by atoms with Crippen molar-refractivity contribution in [3.63, 3.8) is 0 Å². The molecule has 1 aliphatic rings. The number of piperidine rings is 1. The number of para-hydroxylation sites is 1. The molecule has 2 aromatic carbocycles. The van der Waals surface area contributed by atoms with Crippen LogP contribution >= 0.6 is 11.8 Å². The van der Waals surface area contributed by atoms with Gasteiger partial charge in [-0.05, 0) is 49.2 Å². The van der Waals surface area contributed by atoms with Crippen molar-refractivity contribution in [2.24, 2.45) is 0 Å². The molecule has 174 valence electrons. The van der Waals surface area contributed by atoms with E-state index in [4.69, 9.17) is 9.15 Å². The van der Waals surface area contributed by atoms with E-state index in [0.29, 0.717) is 29.8 Å². The molecule has 34 heavy (non-hydrogen) atoms. The van der Waals surface area contributed by atoms with Crippen molar-refractivity contribution in [3.8, 4) is 5.75 Å². The molecule has 0 N–H and O–H groups in total. The molecule has 1 saturated heterocycles. The predicted molar refractivity (Wildman–Crippen MR) is 133 cm³/mol. The number of rotatable bonds is 6. The lowest BCUT2D eigenvalue weighted by atomic mass is 10.1. The van der Waals surface area contributed by atoms with Crippen molar-refractivity contribution < 1.29 is 13.9 Å². The number of carbonyl (C=O) groups excluding carboxylic acids is 1. The summed E-state index contributed by atoms with van der Waals surface area (Å²) in [6.07, 6.45) is 5.13. The van der Waals surface area contributed by atoms with Crippen LogP contribution in [0.15, 0.2) is 70.5 Å². The van der Waals surface area contributed by atoms with E-state index in [2.05, 4.69) is 35.9 Å². The van der Waals surface area contributed by atoms with E-state index >= 15 is 0 Å². The van der Waals surface area contributed by atoms with Gasteiger partial charge in [-0.2, -0.15) is 0 Å². The van der Waals surface area contributed by atoms with Gasteiger partial charge in [0.2, 0.25) is 0 Å². The number of aromatic nitrogens is 2. The second kappa shape index (κ2) is 9.89. The van der Waals surface area contributed by atoms with Crippen LogP contribution in [0.5, 0.6) is 5.75 Å². The minimum atomic E-state index is -0.0644. The maximum atomic E-state index is 13.5. The number of benzene rings is 2.